The maximum Gasteiger partial charge on any atom is 0.394 e. The molecule has 2 aromatic carbocycles. The lowest BCUT2D eigenvalue weighted by Crippen LogP contribution is -2.36. The summed E-state index contributed by atoms with van der Waals surface area (Å²) in [5, 5.41) is 3.22. The Morgan fingerprint density at radius 2 is 1.87 bits per heavy atom. The third kappa shape index (κ3) is 3.62. The van der Waals surface area contributed by atoms with Crippen molar-refractivity contribution >= 4 is 22.2 Å². The molecule has 0 amide bonds. The van der Waals surface area contributed by atoms with Crippen LogP contribution in [0, 0.1) is 24.5 Å². The minimum atomic E-state index is -4.55. The molecule has 0 radical (unpaired) electrons. The van der Waals surface area contributed by atoms with Crippen LogP contribution in [0.25, 0.3) is 16.5 Å². The smallest absolute Gasteiger partial charge is 0.377 e. The second kappa shape index (κ2) is 7.34. The fourth-order valence-corrected chi connectivity index (χ4v) is 4.00. The number of anilines is 1. The number of fused-ring (bicyclic) bond motifs is 2. The Morgan fingerprint density at radius 3 is 2.57 bits per heavy atom. The summed E-state index contributed by atoms with van der Waals surface area (Å²) in [5.41, 5.74) is 1.63. The predicted molar refractivity (Wildman–Crippen MR) is 105 cm³/mol. The molecule has 1 aliphatic rings. The van der Waals surface area contributed by atoms with Gasteiger partial charge in [0.25, 0.3) is 0 Å². The highest BCUT2D eigenvalue weighted by Gasteiger charge is 2.48. The summed E-state index contributed by atoms with van der Waals surface area (Å²) in [7, 11) is 0. The predicted octanol–water partition coefficient (Wildman–Crippen LogP) is 6.36. The van der Waals surface area contributed by atoms with Gasteiger partial charge in [0.05, 0.1) is 17.5 Å². The molecule has 0 unspecified atom stereocenters. The zero-order valence-electron chi connectivity index (χ0n) is 16.2. The van der Waals surface area contributed by atoms with Gasteiger partial charge in [0.15, 0.2) is 0 Å². The van der Waals surface area contributed by atoms with E-state index in [-0.39, 0.29) is 23.2 Å². The zero-order chi connectivity index (χ0) is 21.6. The molecule has 0 fully saturated rings. The molecular formula is C22H18F5N3. The number of alkyl halides is 3. The number of hydrogen-bond acceptors (Lipinski definition) is 3. The summed E-state index contributed by atoms with van der Waals surface area (Å²) in [5.74, 6) is -2.68. The molecule has 1 aromatic heterocycles. The van der Waals surface area contributed by atoms with E-state index in [0.29, 0.717) is 22.3 Å². The third-order valence-electron chi connectivity index (χ3n) is 5.40. The summed E-state index contributed by atoms with van der Waals surface area (Å²) in [4.78, 5) is 8.24. The summed E-state index contributed by atoms with van der Waals surface area (Å²) >= 11 is 0. The fraction of sp³-hybridized carbons (Fsp3) is 0.273. The van der Waals surface area contributed by atoms with E-state index >= 15 is 0 Å². The Labute approximate surface area is 169 Å². The van der Waals surface area contributed by atoms with E-state index in [0.717, 1.165) is 12.1 Å². The summed E-state index contributed by atoms with van der Waals surface area (Å²) in [6.07, 6.45) is -1.76. The SMILES string of the molecule is C/C=C1/C[C@H](C(F)(F)F)[C@H](Nc2cc(F)cc3nc(C)ncc23)c2cc(F)ccc21. The number of hydrogen-bond donors (Lipinski definition) is 1. The first-order valence-corrected chi connectivity index (χ1v) is 9.38. The molecule has 1 aliphatic carbocycles. The molecule has 4 rings (SSSR count). The minimum absolute atomic E-state index is 0.128. The van der Waals surface area contributed by atoms with Crippen molar-refractivity contribution in [2.24, 2.45) is 5.92 Å². The summed E-state index contributed by atoms with van der Waals surface area (Å²) < 4.78 is 70.2. The maximum absolute atomic E-state index is 14.2. The number of rotatable bonds is 2. The van der Waals surface area contributed by atoms with E-state index in [4.69, 9.17) is 0 Å². The van der Waals surface area contributed by atoms with Crippen molar-refractivity contribution < 1.29 is 22.0 Å². The van der Waals surface area contributed by atoms with Gasteiger partial charge in [-0.05, 0) is 55.2 Å². The van der Waals surface area contributed by atoms with Gasteiger partial charge >= 0.3 is 6.18 Å². The molecule has 30 heavy (non-hydrogen) atoms. The number of allylic oxidation sites excluding steroid dienone is 2. The molecule has 1 heterocycles. The van der Waals surface area contributed by atoms with Gasteiger partial charge in [-0.2, -0.15) is 13.2 Å². The lowest BCUT2D eigenvalue weighted by Gasteiger charge is -2.37. The molecule has 1 N–H and O–H groups in total. The summed E-state index contributed by atoms with van der Waals surface area (Å²) in [6, 6.07) is 4.82. The highest BCUT2D eigenvalue weighted by molar-refractivity contribution is 5.91. The average molecular weight is 419 g/mol. The van der Waals surface area contributed by atoms with E-state index in [1.54, 1.807) is 19.9 Å². The number of nitrogens with zero attached hydrogens (tertiary/aromatic N) is 2. The molecule has 0 bridgehead atoms. The Kier molecular flexibility index (Phi) is 4.95. The normalized spacial score (nSPS) is 20.4. The minimum Gasteiger partial charge on any atom is -0.377 e. The Hall–Kier alpha value is -3.03. The molecule has 8 heteroatoms. The average Bonchev–Trinajstić information content (AvgIpc) is 2.66. The van der Waals surface area contributed by atoms with Crippen LogP contribution in [0.1, 0.15) is 36.3 Å². The van der Waals surface area contributed by atoms with Crippen molar-refractivity contribution in [2.45, 2.75) is 32.5 Å². The Balaban J connectivity index is 1.90. The molecule has 0 spiro atoms. The van der Waals surface area contributed by atoms with Crippen LogP contribution >= 0.6 is 0 Å². The van der Waals surface area contributed by atoms with Crippen molar-refractivity contribution in [3.63, 3.8) is 0 Å². The first-order valence-electron chi connectivity index (χ1n) is 9.38. The van der Waals surface area contributed by atoms with Gasteiger partial charge in [0, 0.05) is 23.3 Å². The van der Waals surface area contributed by atoms with Crippen LogP contribution < -0.4 is 5.32 Å². The van der Waals surface area contributed by atoms with Gasteiger partial charge in [0.2, 0.25) is 0 Å². The maximum atomic E-state index is 14.2. The number of halogens is 5. The molecule has 2 atom stereocenters. The largest absolute Gasteiger partial charge is 0.394 e. The van der Waals surface area contributed by atoms with Crippen molar-refractivity contribution in [1.29, 1.82) is 0 Å². The highest BCUT2D eigenvalue weighted by Crippen LogP contribution is 2.49. The van der Waals surface area contributed by atoms with E-state index in [1.807, 2.05) is 0 Å². The van der Waals surface area contributed by atoms with Crippen LogP contribution in [0.4, 0.5) is 27.6 Å². The van der Waals surface area contributed by atoms with E-state index in [2.05, 4.69) is 15.3 Å². The van der Waals surface area contributed by atoms with Gasteiger partial charge in [0.1, 0.15) is 17.5 Å². The van der Waals surface area contributed by atoms with Crippen molar-refractivity contribution in [2.75, 3.05) is 5.32 Å². The lowest BCUT2D eigenvalue weighted by molar-refractivity contribution is -0.178. The van der Waals surface area contributed by atoms with E-state index in [9.17, 15) is 22.0 Å². The first kappa shape index (κ1) is 20.3. The number of nitrogens with one attached hydrogen (secondary N) is 1. The quantitative estimate of drug-likeness (QED) is 0.492. The summed E-state index contributed by atoms with van der Waals surface area (Å²) in [6.45, 7) is 3.29. The third-order valence-corrected chi connectivity index (χ3v) is 5.40. The first-order chi connectivity index (χ1) is 14.2. The van der Waals surface area contributed by atoms with Gasteiger partial charge in [-0.3, -0.25) is 0 Å². The van der Waals surface area contributed by atoms with Crippen LogP contribution in [0.3, 0.4) is 0 Å². The molecule has 156 valence electrons. The van der Waals surface area contributed by atoms with Crippen LogP contribution in [0.15, 0.2) is 42.6 Å². The molecule has 0 saturated heterocycles. The standard InChI is InChI=1S/C22H18F5N3/c1-3-12-6-18(22(25,26)27)21(16-7-13(23)4-5-15(12)16)30-20-9-14(24)8-19-17(20)10-28-11(2)29-19/h3-5,7-10,18,21,30H,6H2,1-2H3/b12-3-/t18-,21+/m0/s1. The number of aromatic nitrogens is 2. The fourth-order valence-electron chi connectivity index (χ4n) is 4.00. The van der Waals surface area contributed by atoms with Crippen LogP contribution in [-0.4, -0.2) is 16.1 Å². The Morgan fingerprint density at radius 1 is 1.10 bits per heavy atom. The van der Waals surface area contributed by atoms with E-state index < -0.39 is 29.8 Å². The molecule has 0 saturated carbocycles. The lowest BCUT2D eigenvalue weighted by atomic mass is 9.76. The van der Waals surface area contributed by atoms with Crippen molar-refractivity contribution in [3.05, 3.63) is 71.2 Å². The van der Waals surface area contributed by atoms with E-state index in [1.165, 1.54) is 24.4 Å². The molecule has 0 aliphatic heterocycles. The monoisotopic (exact) mass is 419 g/mol. The van der Waals surface area contributed by atoms with Crippen LogP contribution in [0.2, 0.25) is 0 Å². The molecular weight excluding hydrogens is 401 g/mol. The van der Waals surface area contributed by atoms with Gasteiger partial charge in [-0.25, -0.2) is 18.7 Å². The second-order valence-electron chi connectivity index (χ2n) is 7.32. The van der Waals surface area contributed by atoms with Gasteiger partial charge < -0.3 is 5.32 Å². The number of benzene rings is 2. The van der Waals surface area contributed by atoms with Crippen LogP contribution in [-0.2, 0) is 0 Å². The van der Waals surface area contributed by atoms with Crippen LogP contribution in [0.5, 0.6) is 0 Å². The second-order valence-corrected chi connectivity index (χ2v) is 7.32. The highest BCUT2D eigenvalue weighted by atomic mass is 19.4. The zero-order valence-corrected chi connectivity index (χ0v) is 16.2. The van der Waals surface area contributed by atoms with Crippen molar-refractivity contribution in [3.8, 4) is 0 Å². The van der Waals surface area contributed by atoms with Gasteiger partial charge in [-0.15, -0.1) is 0 Å². The Bertz CT molecular complexity index is 1150. The number of aryl methyl sites for hydroxylation is 1. The van der Waals surface area contributed by atoms with Gasteiger partial charge in [-0.1, -0.05) is 12.1 Å². The van der Waals surface area contributed by atoms with Crippen molar-refractivity contribution in [1.82, 2.24) is 9.97 Å². The topological polar surface area (TPSA) is 37.8 Å². The molecule has 3 nitrogen and oxygen atoms in total. The molecule has 3 aromatic rings.